The minimum Gasteiger partial charge on any atom is -0.480 e. The van der Waals surface area contributed by atoms with Crippen molar-refractivity contribution in [1.29, 1.82) is 0 Å². The quantitative estimate of drug-likeness (QED) is 0.756. The van der Waals surface area contributed by atoms with Crippen LogP contribution in [0.15, 0.2) is 60.7 Å². The average Bonchev–Trinajstić information content (AvgIpc) is 2.95. The van der Waals surface area contributed by atoms with Crippen molar-refractivity contribution in [2.45, 2.75) is 18.5 Å². The van der Waals surface area contributed by atoms with Gasteiger partial charge in [-0.3, -0.25) is 0 Å². The van der Waals surface area contributed by atoms with Gasteiger partial charge in [0.2, 0.25) is 0 Å². The van der Waals surface area contributed by atoms with Crippen molar-refractivity contribution in [2.24, 2.45) is 5.73 Å². The number of rotatable bonds is 4. The topological polar surface area (TPSA) is 66.6 Å². The van der Waals surface area contributed by atoms with Gasteiger partial charge in [-0.2, -0.15) is 0 Å². The van der Waals surface area contributed by atoms with Crippen molar-refractivity contribution < 1.29 is 14.3 Å². The Morgan fingerprint density at radius 2 is 1.88 bits per heavy atom. The summed E-state index contributed by atoms with van der Waals surface area (Å²) in [6, 6.07) is 17.6. The molecule has 0 spiro atoms. The molecule has 0 radical (unpaired) electrons. The lowest BCUT2D eigenvalue weighted by molar-refractivity contribution is -0.139. The minimum atomic E-state index is -0.947. The van der Waals surface area contributed by atoms with E-state index in [-0.39, 0.29) is 12.4 Å². The molecule has 132 valence electrons. The number of anilines is 1. The number of carboxylic acids is 1. The summed E-state index contributed by atoms with van der Waals surface area (Å²) in [4.78, 5) is 13.8. The summed E-state index contributed by atoms with van der Waals surface area (Å²) in [5.41, 5.74) is 8.30. The van der Waals surface area contributed by atoms with Crippen LogP contribution in [0.4, 0.5) is 10.1 Å². The molecule has 1 heterocycles. The van der Waals surface area contributed by atoms with Crippen molar-refractivity contribution in [1.82, 2.24) is 0 Å². The monoisotopic (exact) mass is 350 g/mol. The Kier molecular flexibility index (Phi) is 4.09. The highest BCUT2D eigenvalue weighted by Gasteiger charge is 2.42. The standard InChI is InChI=1S/C21H19FN2O2/c22-15-8-9-19-17(10-15)18(11-23)20(21(25)26)24(19)12-14-6-3-5-13-4-1-2-7-16(13)14/h1-10,18,20H,11-12,23H2,(H,25,26). The largest absolute Gasteiger partial charge is 0.480 e. The van der Waals surface area contributed by atoms with Crippen molar-refractivity contribution in [3.8, 4) is 0 Å². The third-order valence-electron chi connectivity index (χ3n) is 5.14. The molecule has 3 aromatic carbocycles. The molecular formula is C21H19FN2O2. The zero-order valence-corrected chi connectivity index (χ0v) is 14.1. The van der Waals surface area contributed by atoms with Crippen LogP contribution >= 0.6 is 0 Å². The number of hydrogen-bond donors (Lipinski definition) is 2. The van der Waals surface area contributed by atoms with Gasteiger partial charge in [-0.05, 0) is 40.1 Å². The van der Waals surface area contributed by atoms with Gasteiger partial charge in [-0.1, -0.05) is 42.5 Å². The Hall–Kier alpha value is -2.92. The Morgan fingerprint density at radius 3 is 2.65 bits per heavy atom. The predicted octanol–water partition coefficient (Wildman–Crippen LogP) is 3.49. The van der Waals surface area contributed by atoms with Crippen molar-refractivity contribution in [3.05, 3.63) is 77.6 Å². The molecule has 0 fully saturated rings. The van der Waals surface area contributed by atoms with E-state index in [2.05, 4.69) is 0 Å². The number of hydrogen-bond acceptors (Lipinski definition) is 3. The average molecular weight is 350 g/mol. The van der Waals surface area contributed by atoms with Gasteiger partial charge in [-0.15, -0.1) is 0 Å². The molecule has 1 aliphatic rings. The zero-order valence-electron chi connectivity index (χ0n) is 14.1. The molecule has 0 bridgehead atoms. The second-order valence-corrected chi connectivity index (χ2v) is 6.59. The molecule has 1 aliphatic heterocycles. The molecule has 0 aliphatic carbocycles. The van der Waals surface area contributed by atoms with E-state index in [9.17, 15) is 14.3 Å². The van der Waals surface area contributed by atoms with Crippen LogP contribution in [0.1, 0.15) is 17.0 Å². The van der Waals surface area contributed by atoms with E-state index >= 15 is 0 Å². The highest BCUT2D eigenvalue weighted by molar-refractivity contribution is 5.88. The fourth-order valence-electron chi connectivity index (χ4n) is 3.98. The van der Waals surface area contributed by atoms with E-state index in [1.807, 2.05) is 47.4 Å². The molecule has 0 saturated carbocycles. The first-order valence-electron chi connectivity index (χ1n) is 8.55. The Bertz CT molecular complexity index is 983. The number of fused-ring (bicyclic) bond motifs is 2. The maximum Gasteiger partial charge on any atom is 0.327 e. The summed E-state index contributed by atoms with van der Waals surface area (Å²) in [5, 5.41) is 12.0. The molecule has 0 amide bonds. The summed E-state index contributed by atoms with van der Waals surface area (Å²) in [7, 11) is 0. The number of aliphatic carboxylic acids is 1. The van der Waals surface area contributed by atoms with Gasteiger partial charge >= 0.3 is 5.97 Å². The maximum absolute atomic E-state index is 13.8. The first-order chi connectivity index (χ1) is 12.6. The van der Waals surface area contributed by atoms with Crippen LogP contribution in [-0.2, 0) is 11.3 Å². The second-order valence-electron chi connectivity index (χ2n) is 6.59. The van der Waals surface area contributed by atoms with Gasteiger partial charge in [0.15, 0.2) is 0 Å². The predicted molar refractivity (Wildman–Crippen MR) is 99.8 cm³/mol. The number of benzene rings is 3. The zero-order chi connectivity index (χ0) is 18.3. The van der Waals surface area contributed by atoms with E-state index in [0.717, 1.165) is 22.0 Å². The molecule has 5 heteroatoms. The lowest BCUT2D eigenvalue weighted by atomic mass is 9.95. The van der Waals surface area contributed by atoms with E-state index in [1.54, 1.807) is 6.07 Å². The van der Waals surface area contributed by atoms with Crippen LogP contribution in [-0.4, -0.2) is 23.7 Å². The summed E-state index contributed by atoms with van der Waals surface area (Å²) in [6.07, 6.45) is 0. The highest BCUT2D eigenvalue weighted by Crippen LogP contribution is 2.42. The Morgan fingerprint density at radius 1 is 1.12 bits per heavy atom. The summed E-state index contributed by atoms with van der Waals surface area (Å²) >= 11 is 0. The van der Waals surface area contributed by atoms with Crippen LogP contribution in [0.2, 0.25) is 0 Å². The maximum atomic E-state index is 13.8. The van der Waals surface area contributed by atoms with Gasteiger partial charge in [0.1, 0.15) is 11.9 Å². The van der Waals surface area contributed by atoms with Crippen LogP contribution in [0, 0.1) is 5.82 Å². The van der Waals surface area contributed by atoms with Crippen molar-refractivity contribution >= 4 is 22.4 Å². The molecule has 2 unspecified atom stereocenters. The van der Waals surface area contributed by atoms with E-state index in [4.69, 9.17) is 5.73 Å². The number of nitrogens with two attached hydrogens (primary N) is 1. The number of carbonyl (C=O) groups is 1. The van der Waals surface area contributed by atoms with E-state index in [0.29, 0.717) is 12.1 Å². The lowest BCUT2D eigenvalue weighted by Gasteiger charge is -2.27. The molecular weight excluding hydrogens is 331 g/mol. The first kappa shape index (κ1) is 16.5. The molecule has 2 atom stereocenters. The van der Waals surface area contributed by atoms with E-state index in [1.165, 1.54) is 12.1 Å². The Balaban J connectivity index is 1.82. The van der Waals surface area contributed by atoms with Gasteiger partial charge < -0.3 is 15.7 Å². The number of carboxylic acid groups (broad SMARTS) is 1. The summed E-state index contributed by atoms with van der Waals surface area (Å²) in [6.45, 7) is 0.576. The van der Waals surface area contributed by atoms with Crippen LogP contribution in [0.25, 0.3) is 10.8 Å². The normalized spacial score (nSPS) is 18.9. The highest BCUT2D eigenvalue weighted by atomic mass is 19.1. The SMILES string of the molecule is NCC1c2cc(F)ccc2N(Cc2cccc3ccccc23)C1C(=O)O. The minimum absolute atomic E-state index is 0.152. The van der Waals surface area contributed by atoms with Gasteiger partial charge in [0.05, 0.1) is 0 Å². The molecule has 3 aromatic rings. The molecule has 26 heavy (non-hydrogen) atoms. The van der Waals surface area contributed by atoms with E-state index < -0.39 is 17.9 Å². The fraction of sp³-hybridized carbons (Fsp3) is 0.190. The molecule has 3 N–H and O–H groups in total. The smallest absolute Gasteiger partial charge is 0.327 e. The molecule has 4 rings (SSSR count). The first-order valence-corrected chi connectivity index (χ1v) is 8.55. The van der Waals surface area contributed by atoms with Crippen LogP contribution in [0.5, 0.6) is 0 Å². The number of nitrogens with zero attached hydrogens (tertiary/aromatic N) is 1. The lowest BCUT2D eigenvalue weighted by Crippen LogP contribution is -2.42. The van der Waals surface area contributed by atoms with Crippen molar-refractivity contribution in [2.75, 3.05) is 11.4 Å². The fourth-order valence-corrected chi connectivity index (χ4v) is 3.98. The van der Waals surface area contributed by atoms with Gasteiger partial charge in [0, 0.05) is 24.7 Å². The molecule has 0 saturated heterocycles. The van der Waals surface area contributed by atoms with Gasteiger partial charge in [-0.25, -0.2) is 9.18 Å². The Labute approximate surface area is 150 Å². The van der Waals surface area contributed by atoms with Crippen LogP contribution in [0.3, 0.4) is 0 Å². The third kappa shape index (κ3) is 2.61. The molecule has 0 aromatic heterocycles. The van der Waals surface area contributed by atoms with Crippen LogP contribution < -0.4 is 10.6 Å². The summed E-state index contributed by atoms with van der Waals surface area (Å²) in [5.74, 6) is -1.76. The van der Waals surface area contributed by atoms with Gasteiger partial charge in [0.25, 0.3) is 0 Å². The summed E-state index contributed by atoms with van der Waals surface area (Å²) < 4.78 is 13.8. The van der Waals surface area contributed by atoms with Crippen molar-refractivity contribution in [3.63, 3.8) is 0 Å². The second kappa shape index (κ2) is 6.42. The number of halogens is 1. The third-order valence-corrected chi connectivity index (χ3v) is 5.14. The molecule has 4 nitrogen and oxygen atoms in total.